The summed E-state index contributed by atoms with van der Waals surface area (Å²) in [5.74, 6) is 0. The molecule has 0 aromatic rings. The Balaban J connectivity index is 4.20. The fourth-order valence-electron chi connectivity index (χ4n) is 1.72. The molecule has 0 amide bonds. The zero-order valence-corrected chi connectivity index (χ0v) is 12.1. The van der Waals surface area contributed by atoms with Crippen molar-refractivity contribution in [1.29, 1.82) is 0 Å². The van der Waals surface area contributed by atoms with Gasteiger partial charge in [-0.2, -0.15) is 0 Å². The Hall–Kier alpha value is 0.354. The van der Waals surface area contributed by atoms with Gasteiger partial charge < -0.3 is 10.2 Å². The van der Waals surface area contributed by atoms with Crippen molar-refractivity contribution in [3.8, 4) is 0 Å². The molecule has 0 rings (SSSR count). The Morgan fingerprint density at radius 1 is 0.714 bits per heavy atom. The normalized spacial score (nSPS) is 13.3. The van der Waals surface area contributed by atoms with E-state index in [0.29, 0.717) is 13.2 Å². The van der Waals surface area contributed by atoms with Crippen molar-refractivity contribution in [3.05, 3.63) is 0 Å². The highest BCUT2D eigenvalue weighted by Gasteiger charge is 2.39. The molecule has 0 unspecified atom stereocenters. The van der Waals surface area contributed by atoms with Crippen molar-refractivity contribution in [2.24, 2.45) is 0 Å². The maximum atomic E-state index is 8.87. The highest BCUT2D eigenvalue weighted by atomic mass is 29.3. The Labute approximate surface area is 90.2 Å². The van der Waals surface area contributed by atoms with Gasteiger partial charge in [-0.05, 0) is 12.8 Å². The molecule has 0 saturated carbocycles. The summed E-state index contributed by atoms with van der Waals surface area (Å²) in [7, 11) is -2.24. The van der Waals surface area contributed by atoms with E-state index in [1.165, 1.54) is 12.1 Å². The minimum atomic E-state index is -1.12. The second-order valence-electron chi connectivity index (χ2n) is 5.42. The minimum absolute atomic E-state index is 0.334. The van der Waals surface area contributed by atoms with Gasteiger partial charge in [-0.1, -0.05) is 38.3 Å². The maximum Gasteiger partial charge on any atom is 0.0428 e. The molecule has 2 N–H and O–H groups in total. The lowest BCUT2D eigenvalue weighted by Gasteiger charge is -2.38. The van der Waals surface area contributed by atoms with Gasteiger partial charge in [-0.25, -0.2) is 0 Å². The molecular weight excluding hydrogens is 208 g/mol. The van der Waals surface area contributed by atoms with Gasteiger partial charge in [0.1, 0.15) is 0 Å². The van der Waals surface area contributed by atoms with Crippen LogP contribution in [0.1, 0.15) is 12.8 Å². The fraction of sp³-hybridized carbons (Fsp3) is 1.00. The van der Waals surface area contributed by atoms with Crippen LogP contribution in [0.25, 0.3) is 0 Å². The van der Waals surface area contributed by atoms with Crippen LogP contribution >= 0.6 is 0 Å². The first-order valence-corrected chi connectivity index (χ1v) is 13.0. The topological polar surface area (TPSA) is 40.5 Å². The third-order valence-electron chi connectivity index (χ3n) is 3.75. The van der Waals surface area contributed by atoms with Crippen molar-refractivity contribution < 1.29 is 10.2 Å². The Kier molecular flexibility index (Phi) is 6.20. The molecule has 0 bridgehead atoms. The summed E-state index contributed by atoms with van der Waals surface area (Å²) in [4.78, 5) is 0. The van der Waals surface area contributed by atoms with E-state index >= 15 is 0 Å². The first-order valence-electron chi connectivity index (χ1n) is 5.59. The minimum Gasteiger partial charge on any atom is -0.396 e. The Morgan fingerprint density at radius 3 is 1.21 bits per heavy atom. The third-order valence-corrected chi connectivity index (χ3v) is 23.1. The molecule has 0 radical (unpaired) electrons. The second kappa shape index (κ2) is 6.05. The van der Waals surface area contributed by atoms with Gasteiger partial charge in [-0.3, -0.25) is 0 Å². The molecule has 0 aromatic heterocycles. The number of aliphatic hydroxyl groups is 2. The molecule has 0 spiro atoms. The van der Waals surface area contributed by atoms with Crippen LogP contribution in [0.3, 0.4) is 0 Å². The van der Waals surface area contributed by atoms with Crippen LogP contribution in [-0.4, -0.2) is 38.6 Å². The molecule has 86 valence electrons. The van der Waals surface area contributed by atoms with E-state index in [2.05, 4.69) is 26.2 Å². The SMILES string of the molecule is C[Si](C)(CCCO)[Si](C)(C)CCCO. The first kappa shape index (κ1) is 14.4. The highest BCUT2D eigenvalue weighted by molar-refractivity contribution is 7.40. The summed E-state index contributed by atoms with van der Waals surface area (Å²) >= 11 is 0. The maximum absolute atomic E-state index is 8.87. The van der Waals surface area contributed by atoms with Crippen LogP contribution in [0.2, 0.25) is 38.3 Å². The van der Waals surface area contributed by atoms with E-state index in [0.717, 1.165) is 12.8 Å². The summed E-state index contributed by atoms with van der Waals surface area (Å²) in [6.45, 7) is 10.5. The van der Waals surface area contributed by atoms with E-state index in [4.69, 9.17) is 10.2 Å². The molecule has 0 aliphatic carbocycles. The number of aliphatic hydroxyl groups excluding tert-OH is 2. The summed E-state index contributed by atoms with van der Waals surface area (Å²) in [6, 6.07) is 2.49. The zero-order valence-electron chi connectivity index (χ0n) is 10.1. The molecule has 0 fully saturated rings. The van der Waals surface area contributed by atoms with Crippen molar-refractivity contribution >= 4 is 15.2 Å². The van der Waals surface area contributed by atoms with E-state index in [-0.39, 0.29) is 0 Å². The lowest BCUT2D eigenvalue weighted by molar-refractivity contribution is 0.293. The van der Waals surface area contributed by atoms with Gasteiger partial charge in [-0.15, -0.1) is 0 Å². The summed E-state index contributed by atoms with van der Waals surface area (Å²) < 4.78 is 0. The lowest BCUT2D eigenvalue weighted by atomic mass is 10.5. The lowest BCUT2D eigenvalue weighted by Crippen LogP contribution is -2.54. The largest absolute Gasteiger partial charge is 0.396 e. The molecule has 0 saturated heterocycles. The first-order chi connectivity index (χ1) is 6.37. The average molecular weight is 234 g/mol. The van der Waals surface area contributed by atoms with Crippen molar-refractivity contribution in [3.63, 3.8) is 0 Å². The summed E-state index contributed by atoms with van der Waals surface area (Å²) in [5, 5.41) is 17.7. The smallest absolute Gasteiger partial charge is 0.0428 e. The zero-order chi connectivity index (χ0) is 11.2. The van der Waals surface area contributed by atoms with E-state index < -0.39 is 15.2 Å². The molecule has 0 aliphatic heterocycles. The predicted octanol–water partition coefficient (Wildman–Crippen LogP) is 2.25. The monoisotopic (exact) mass is 234 g/mol. The highest BCUT2D eigenvalue weighted by Crippen LogP contribution is 2.28. The molecule has 2 nitrogen and oxygen atoms in total. The molecule has 0 aliphatic rings. The van der Waals surface area contributed by atoms with Gasteiger partial charge >= 0.3 is 0 Å². The van der Waals surface area contributed by atoms with Crippen LogP contribution in [-0.2, 0) is 0 Å². The second-order valence-corrected chi connectivity index (χ2v) is 22.1. The van der Waals surface area contributed by atoms with Crippen LogP contribution in [0, 0.1) is 0 Å². The van der Waals surface area contributed by atoms with Gasteiger partial charge in [0.25, 0.3) is 0 Å². The summed E-state index contributed by atoms with van der Waals surface area (Å²) in [6.07, 6.45) is 1.93. The van der Waals surface area contributed by atoms with Gasteiger partial charge in [0, 0.05) is 28.4 Å². The molecule has 0 heterocycles. The number of hydrogen-bond acceptors (Lipinski definition) is 2. The third kappa shape index (κ3) is 4.25. The van der Waals surface area contributed by atoms with E-state index in [1.807, 2.05) is 0 Å². The quantitative estimate of drug-likeness (QED) is 0.663. The standard InChI is InChI=1S/C10H26O2Si2/c1-13(2,9-5-7-11)14(3,4)10-6-8-12/h11-12H,5-10H2,1-4H3. The Bertz CT molecular complexity index is 140. The molecule has 14 heavy (non-hydrogen) atoms. The van der Waals surface area contributed by atoms with Crippen LogP contribution < -0.4 is 0 Å². The molecule has 4 heteroatoms. The number of hydrogen-bond donors (Lipinski definition) is 2. The predicted molar refractivity (Wildman–Crippen MR) is 68.0 cm³/mol. The van der Waals surface area contributed by atoms with Gasteiger partial charge in [0.15, 0.2) is 0 Å². The number of rotatable bonds is 7. The van der Waals surface area contributed by atoms with Crippen molar-refractivity contribution in [1.82, 2.24) is 0 Å². The van der Waals surface area contributed by atoms with Crippen molar-refractivity contribution in [2.75, 3.05) is 13.2 Å². The van der Waals surface area contributed by atoms with Gasteiger partial charge in [0.2, 0.25) is 0 Å². The fourth-order valence-corrected chi connectivity index (χ4v) is 10.3. The van der Waals surface area contributed by atoms with Crippen LogP contribution in [0.15, 0.2) is 0 Å². The van der Waals surface area contributed by atoms with Crippen molar-refractivity contribution in [2.45, 2.75) is 51.1 Å². The average Bonchev–Trinajstić information content (AvgIpc) is 2.11. The van der Waals surface area contributed by atoms with E-state index in [1.54, 1.807) is 0 Å². The molecular formula is C10H26O2Si2. The Morgan fingerprint density at radius 2 is 1.00 bits per heavy atom. The molecule has 0 atom stereocenters. The van der Waals surface area contributed by atoms with E-state index in [9.17, 15) is 0 Å². The summed E-state index contributed by atoms with van der Waals surface area (Å²) in [5.41, 5.74) is 0. The van der Waals surface area contributed by atoms with Crippen LogP contribution in [0.5, 0.6) is 0 Å². The molecule has 0 aromatic carbocycles. The van der Waals surface area contributed by atoms with Gasteiger partial charge in [0.05, 0.1) is 0 Å². The van der Waals surface area contributed by atoms with Crippen LogP contribution in [0.4, 0.5) is 0 Å².